The third-order valence-electron chi connectivity index (χ3n) is 4.07. The largest absolute Gasteiger partial charge is 0.371 e. The highest BCUT2D eigenvalue weighted by molar-refractivity contribution is 6.04. The molecule has 1 unspecified atom stereocenters. The van der Waals surface area contributed by atoms with E-state index in [2.05, 4.69) is 34.3 Å². The Labute approximate surface area is 131 Å². The summed E-state index contributed by atoms with van der Waals surface area (Å²) in [5, 5.41) is 2.90. The zero-order chi connectivity index (χ0) is 15.4. The summed E-state index contributed by atoms with van der Waals surface area (Å²) in [5.41, 5.74) is 2.60. The van der Waals surface area contributed by atoms with Crippen molar-refractivity contribution in [2.75, 3.05) is 23.3 Å². The Kier molecular flexibility index (Phi) is 4.37. The standard InChI is InChI=1S/C18H21N3O/c1-14-4-3-11-21(13-14)17-8-6-16(7-9-17)20-18(22)15-5-2-10-19-12-15/h2,5-10,12,14H,3-4,11,13H2,1H3,(H,20,22). The molecule has 1 aliphatic heterocycles. The first-order valence-electron chi connectivity index (χ1n) is 7.79. The maximum Gasteiger partial charge on any atom is 0.257 e. The monoisotopic (exact) mass is 295 g/mol. The van der Waals surface area contributed by atoms with Crippen LogP contribution >= 0.6 is 0 Å². The minimum Gasteiger partial charge on any atom is -0.371 e. The minimum absolute atomic E-state index is 0.132. The number of hydrogen-bond acceptors (Lipinski definition) is 3. The van der Waals surface area contributed by atoms with Gasteiger partial charge < -0.3 is 10.2 Å². The number of hydrogen-bond donors (Lipinski definition) is 1. The summed E-state index contributed by atoms with van der Waals surface area (Å²) in [6.45, 7) is 4.53. The second-order valence-corrected chi connectivity index (χ2v) is 5.94. The summed E-state index contributed by atoms with van der Waals surface area (Å²) in [4.78, 5) is 18.5. The summed E-state index contributed by atoms with van der Waals surface area (Å²) in [6, 6.07) is 11.6. The number of rotatable bonds is 3. The molecule has 0 radical (unpaired) electrons. The molecular weight excluding hydrogens is 274 g/mol. The number of nitrogens with one attached hydrogen (secondary N) is 1. The van der Waals surface area contributed by atoms with Gasteiger partial charge >= 0.3 is 0 Å². The van der Waals surface area contributed by atoms with Crippen molar-refractivity contribution in [3.63, 3.8) is 0 Å². The van der Waals surface area contributed by atoms with Gasteiger partial charge in [-0.05, 0) is 55.2 Å². The number of carbonyl (C=O) groups excluding carboxylic acids is 1. The normalized spacial score (nSPS) is 18.0. The summed E-state index contributed by atoms with van der Waals surface area (Å²) in [5.74, 6) is 0.617. The maximum absolute atomic E-state index is 12.1. The zero-order valence-corrected chi connectivity index (χ0v) is 12.8. The fourth-order valence-electron chi connectivity index (χ4n) is 2.88. The Morgan fingerprint density at radius 3 is 2.77 bits per heavy atom. The van der Waals surface area contributed by atoms with Crippen molar-refractivity contribution in [2.45, 2.75) is 19.8 Å². The Balaban J connectivity index is 1.65. The van der Waals surface area contributed by atoms with Gasteiger partial charge in [0.15, 0.2) is 0 Å². The molecule has 4 nitrogen and oxygen atoms in total. The van der Waals surface area contributed by atoms with E-state index in [-0.39, 0.29) is 5.91 Å². The van der Waals surface area contributed by atoms with Crippen LogP contribution in [0.1, 0.15) is 30.1 Å². The number of aromatic nitrogens is 1. The first kappa shape index (κ1) is 14.6. The lowest BCUT2D eigenvalue weighted by Gasteiger charge is -2.32. The van der Waals surface area contributed by atoms with E-state index in [4.69, 9.17) is 0 Å². The van der Waals surface area contributed by atoms with Crippen molar-refractivity contribution in [3.8, 4) is 0 Å². The molecule has 1 saturated heterocycles. The van der Waals surface area contributed by atoms with Crippen LogP contribution in [0, 0.1) is 5.92 Å². The molecule has 1 aromatic carbocycles. The molecule has 0 saturated carbocycles. The number of benzene rings is 1. The Bertz CT molecular complexity index is 625. The van der Waals surface area contributed by atoms with E-state index in [1.165, 1.54) is 18.5 Å². The number of piperidine rings is 1. The van der Waals surface area contributed by atoms with E-state index < -0.39 is 0 Å². The van der Waals surface area contributed by atoms with Gasteiger partial charge in [-0.15, -0.1) is 0 Å². The molecule has 2 heterocycles. The zero-order valence-electron chi connectivity index (χ0n) is 12.8. The lowest BCUT2D eigenvalue weighted by Crippen LogP contribution is -2.34. The predicted octanol–water partition coefficient (Wildman–Crippen LogP) is 3.57. The van der Waals surface area contributed by atoms with Crippen molar-refractivity contribution >= 4 is 17.3 Å². The van der Waals surface area contributed by atoms with Gasteiger partial charge in [0, 0.05) is 36.9 Å². The fourth-order valence-corrected chi connectivity index (χ4v) is 2.88. The maximum atomic E-state index is 12.1. The molecule has 114 valence electrons. The molecular formula is C18H21N3O. The highest BCUT2D eigenvalue weighted by Gasteiger charge is 2.16. The highest BCUT2D eigenvalue weighted by atomic mass is 16.1. The van der Waals surface area contributed by atoms with Gasteiger partial charge in [0.2, 0.25) is 0 Å². The van der Waals surface area contributed by atoms with Crippen molar-refractivity contribution in [1.29, 1.82) is 0 Å². The van der Waals surface area contributed by atoms with E-state index in [0.717, 1.165) is 24.7 Å². The summed E-state index contributed by atoms with van der Waals surface area (Å²) in [6.07, 6.45) is 5.79. The fraction of sp³-hybridized carbons (Fsp3) is 0.333. The SMILES string of the molecule is CC1CCCN(c2ccc(NC(=O)c3cccnc3)cc2)C1. The number of anilines is 2. The van der Waals surface area contributed by atoms with Crippen molar-refractivity contribution in [1.82, 2.24) is 4.98 Å². The van der Waals surface area contributed by atoms with Gasteiger partial charge in [0.05, 0.1) is 5.56 Å². The van der Waals surface area contributed by atoms with Crippen LogP contribution in [-0.2, 0) is 0 Å². The Hall–Kier alpha value is -2.36. The van der Waals surface area contributed by atoms with Crippen molar-refractivity contribution < 1.29 is 4.79 Å². The number of pyridine rings is 1. The number of amides is 1. The average Bonchev–Trinajstić information content (AvgIpc) is 2.56. The van der Waals surface area contributed by atoms with Gasteiger partial charge in [-0.1, -0.05) is 6.92 Å². The van der Waals surface area contributed by atoms with Crippen LogP contribution in [0.3, 0.4) is 0 Å². The lowest BCUT2D eigenvalue weighted by molar-refractivity contribution is 0.102. The van der Waals surface area contributed by atoms with Crippen LogP contribution in [-0.4, -0.2) is 24.0 Å². The average molecular weight is 295 g/mol. The van der Waals surface area contributed by atoms with Gasteiger partial charge in [-0.25, -0.2) is 0 Å². The van der Waals surface area contributed by atoms with E-state index in [0.29, 0.717) is 5.56 Å². The van der Waals surface area contributed by atoms with E-state index in [1.807, 2.05) is 12.1 Å². The van der Waals surface area contributed by atoms with Crippen molar-refractivity contribution in [3.05, 3.63) is 54.4 Å². The molecule has 1 amide bonds. The van der Waals surface area contributed by atoms with Crippen LogP contribution in [0.25, 0.3) is 0 Å². The van der Waals surface area contributed by atoms with Crippen LogP contribution in [0.15, 0.2) is 48.8 Å². The van der Waals surface area contributed by atoms with Crippen LogP contribution in [0.4, 0.5) is 11.4 Å². The molecule has 1 aromatic heterocycles. The summed E-state index contributed by atoms with van der Waals surface area (Å²) >= 11 is 0. The minimum atomic E-state index is -0.132. The van der Waals surface area contributed by atoms with Gasteiger partial charge in [0.1, 0.15) is 0 Å². The quantitative estimate of drug-likeness (QED) is 0.941. The molecule has 1 atom stereocenters. The van der Waals surface area contributed by atoms with Crippen LogP contribution < -0.4 is 10.2 Å². The molecule has 4 heteroatoms. The molecule has 0 spiro atoms. The first-order chi connectivity index (χ1) is 10.7. The topological polar surface area (TPSA) is 45.2 Å². The van der Waals surface area contributed by atoms with E-state index >= 15 is 0 Å². The molecule has 2 aromatic rings. The molecule has 1 aliphatic rings. The molecule has 3 rings (SSSR count). The Morgan fingerprint density at radius 2 is 2.09 bits per heavy atom. The molecule has 1 fully saturated rings. The van der Waals surface area contributed by atoms with Gasteiger partial charge in [0.25, 0.3) is 5.91 Å². The molecule has 1 N–H and O–H groups in total. The molecule has 22 heavy (non-hydrogen) atoms. The molecule has 0 bridgehead atoms. The summed E-state index contributed by atoms with van der Waals surface area (Å²) < 4.78 is 0. The third kappa shape index (κ3) is 3.45. The Morgan fingerprint density at radius 1 is 1.27 bits per heavy atom. The van der Waals surface area contributed by atoms with Crippen LogP contribution in [0.2, 0.25) is 0 Å². The second-order valence-electron chi connectivity index (χ2n) is 5.94. The predicted molar refractivity (Wildman–Crippen MR) is 89.2 cm³/mol. The first-order valence-corrected chi connectivity index (χ1v) is 7.79. The van der Waals surface area contributed by atoms with Crippen LogP contribution in [0.5, 0.6) is 0 Å². The van der Waals surface area contributed by atoms with Crippen molar-refractivity contribution in [2.24, 2.45) is 5.92 Å². The summed E-state index contributed by atoms with van der Waals surface area (Å²) in [7, 11) is 0. The van der Waals surface area contributed by atoms with Gasteiger partial charge in [-0.2, -0.15) is 0 Å². The van der Waals surface area contributed by atoms with E-state index in [9.17, 15) is 4.79 Å². The lowest BCUT2D eigenvalue weighted by atomic mass is 10.00. The highest BCUT2D eigenvalue weighted by Crippen LogP contribution is 2.24. The smallest absolute Gasteiger partial charge is 0.257 e. The number of carbonyl (C=O) groups is 1. The number of nitrogens with zero attached hydrogens (tertiary/aromatic N) is 2. The van der Waals surface area contributed by atoms with E-state index in [1.54, 1.807) is 24.5 Å². The second kappa shape index (κ2) is 6.60. The third-order valence-corrected chi connectivity index (χ3v) is 4.07. The molecule has 0 aliphatic carbocycles. The van der Waals surface area contributed by atoms with Gasteiger partial charge in [-0.3, -0.25) is 9.78 Å².